The molecule has 0 aliphatic heterocycles. The Balaban J connectivity index is 1.58. The van der Waals surface area contributed by atoms with Gasteiger partial charge in [-0.1, -0.05) is 17.7 Å². The highest BCUT2D eigenvalue weighted by molar-refractivity contribution is 6.30. The molecule has 0 atom stereocenters. The van der Waals surface area contributed by atoms with Gasteiger partial charge in [0.25, 0.3) is 5.91 Å². The molecular weight excluding hydrogens is 386 g/mol. The number of anilines is 1. The third-order valence-electron chi connectivity index (χ3n) is 4.51. The summed E-state index contributed by atoms with van der Waals surface area (Å²) in [5.74, 6) is 0.366. The van der Waals surface area contributed by atoms with Gasteiger partial charge in [-0.15, -0.1) is 0 Å². The van der Waals surface area contributed by atoms with Gasteiger partial charge in [0.05, 0.1) is 22.8 Å². The zero-order valence-electron chi connectivity index (χ0n) is 16.3. The number of aromatic nitrogens is 4. The number of hydrogen-bond acceptors (Lipinski definition) is 3. The average molecular weight is 406 g/mol. The van der Waals surface area contributed by atoms with E-state index in [-0.39, 0.29) is 5.91 Å². The summed E-state index contributed by atoms with van der Waals surface area (Å²) < 4.78 is 3.53. The molecule has 0 spiro atoms. The molecule has 4 rings (SSSR count). The lowest BCUT2D eigenvalue weighted by Gasteiger charge is -2.10. The van der Waals surface area contributed by atoms with Crippen molar-refractivity contribution in [2.24, 2.45) is 0 Å². The minimum absolute atomic E-state index is 0.215. The van der Waals surface area contributed by atoms with E-state index in [9.17, 15) is 4.79 Å². The van der Waals surface area contributed by atoms with Gasteiger partial charge in [0, 0.05) is 22.3 Å². The summed E-state index contributed by atoms with van der Waals surface area (Å²) in [6.45, 7) is 5.83. The monoisotopic (exact) mass is 405 g/mol. The van der Waals surface area contributed by atoms with E-state index in [2.05, 4.69) is 15.5 Å². The first kappa shape index (κ1) is 19.0. The van der Waals surface area contributed by atoms with Gasteiger partial charge in [-0.3, -0.25) is 4.79 Å². The van der Waals surface area contributed by atoms with Crippen LogP contribution in [0.1, 0.15) is 27.4 Å². The first-order chi connectivity index (χ1) is 13.9. The Morgan fingerprint density at radius 3 is 2.21 bits per heavy atom. The Labute approximate surface area is 173 Å². The average Bonchev–Trinajstić information content (AvgIpc) is 3.23. The van der Waals surface area contributed by atoms with E-state index < -0.39 is 0 Å². The van der Waals surface area contributed by atoms with Crippen LogP contribution >= 0.6 is 11.6 Å². The molecule has 0 fully saturated rings. The largest absolute Gasteiger partial charge is 0.306 e. The third-order valence-corrected chi connectivity index (χ3v) is 4.74. The number of nitrogens with zero attached hydrogens (tertiary/aromatic N) is 4. The molecule has 0 radical (unpaired) electrons. The van der Waals surface area contributed by atoms with Gasteiger partial charge >= 0.3 is 0 Å². The molecule has 0 aliphatic carbocycles. The molecule has 6 nitrogen and oxygen atoms in total. The molecule has 4 aromatic rings. The van der Waals surface area contributed by atoms with Crippen molar-refractivity contribution < 1.29 is 4.79 Å². The quantitative estimate of drug-likeness (QED) is 0.525. The zero-order valence-corrected chi connectivity index (χ0v) is 17.1. The predicted octanol–water partition coefficient (Wildman–Crippen LogP) is 4.89. The van der Waals surface area contributed by atoms with Crippen molar-refractivity contribution in [2.45, 2.75) is 20.8 Å². The van der Waals surface area contributed by atoms with E-state index in [1.165, 1.54) is 0 Å². The number of aryl methyl sites for hydroxylation is 3. The fraction of sp³-hybridized carbons (Fsp3) is 0.136. The summed E-state index contributed by atoms with van der Waals surface area (Å²) in [6, 6.07) is 18.5. The van der Waals surface area contributed by atoms with Crippen LogP contribution < -0.4 is 5.32 Å². The predicted molar refractivity (Wildman–Crippen MR) is 114 cm³/mol. The van der Waals surface area contributed by atoms with E-state index in [1.54, 1.807) is 28.9 Å². The highest BCUT2D eigenvalue weighted by Gasteiger charge is 2.13. The van der Waals surface area contributed by atoms with Gasteiger partial charge in [-0.05, 0) is 69.3 Å². The summed E-state index contributed by atoms with van der Waals surface area (Å²) in [5.41, 5.74) is 5.02. The molecule has 146 valence electrons. The smallest absolute Gasteiger partial charge is 0.256 e. The van der Waals surface area contributed by atoms with Crippen molar-refractivity contribution in [1.29, 1.82) is 0 Å². The second-order valence-corrected chi connectivity index (χ2v) is 7.34. The number of carbonyl (C=O) groups is 1. The lowest BCUT2D eigenvalue weighted by atomic mass is 10.2. The van der Waals surface area contributed by atoms with Crippen molar-refractivity contribution in [2.75, 3.05) is 5.32 Å². The van der Waals surface area contributed by atoms with Crippen LogP contribution in [0.3, 0.4) is 0 Å². The molecule has 2 aromatic heterocycles. The van der Waals surface area contributed by atoms with Gasteiger partial charge in [-0.25, -0.2) is 9.36 Å². The second-order valence-electron chi connectivity index (χ2n) is 6.90. The van der Waals surface area contributed by atoms with Crippen LogP contribution in [0, 0.1) is 20.8 Å². The molecule has 1 N–H and O–H groups in total. The Kier molecular flexibility index (Phi) is 4.94. The fourth-order valence-corrected chi connectivity index (χ4v) is 3.41. The van der Waals surface area contributed by atoms with Crippen LogP contribution in [0.4, 0.5) is 5.82 Å². The molecule has 29 heavy (non-hydrogen) atoms. The molecule has 0 saturated carbocycles. The summed E-state index contributed by atoms with van der Waals surface area (Å²) in [5, 5.41) is 12.5. The number of benzene rings is 2. The number of hydrogen-bond donors (Lipinski definition) is 1. The van der Waals surface area contributed by atoms with Crippen molar-refractivity contribution >= 4 is 23.3 Å². The maximum atomic E-state index is 12.8. The topological polar surface area (TPSA) is 64.7 Å². The first-order valence-corrected chi connectivity index (χ1v) is 9.56. The number of nitrogens with one attached hydrogen (secondary N) is 1. The van der Waals surface area contributed by atoms with Crippen molar-refractivity contribution in [1.82, 2.24) is 19.6 Å². The van der Waals surface area contributed by atoms with Gasteiger partial charge in [-0.2, -0.15) is 10.2 Å². The molecular formula is C22H20ClN5O. The van der Waals surface area contributed by atoms with Crippen LogP contribution in [0.15, 0.2) is 60.7 Å². The summed E-state index contributed by atoms with van der Waals surface area (Å²) in [7, 11) is 0. The Morgan fingerprint density at radius 2 is 1.55 bits per heavy atom. The summed E-state index contributed by atoms with van der Waals surface area (Å²) in [4.78, 5) is 12.8. The maximum absolute atomic E-state index is 12.8. The number of rotatable bonds is 4. The Morgan fingerprint density at radius 1 is 0.862 bits per heavy atom. The lowest BCUT2D eigenvalue weighted by Crippen LogP contribution is -2.15. The molecule has 0 saturated heterocycles. The Bertz CT molecular complexity index is 1190. The van der Waals surface area contributed by atoms with Crippen molar-refractivity contribution in [3.8, 4) is 11.4 Å². The van der Waals surface area contributed by atoms with Crippen LogP contribution in [0.25, 0.3) is 11.4 Å². The van der Waals surface area contributed by atoms with Gasteiger partial charge < -0.3 is 5.32 Å². The SMILES string of the molecule is Cc1cc(C)n(-c2ccc(C(=O)Nc3cc(C)nn3-c3cccc(Cl)c3)cc2)n1. The van der Waals surface area contributed by atoms with Crippen LogP contribution in [-0.2, 0) is 0 Å². The van der Waals surface area contributed by atoms with Gasteiger partial charge in [0.1, 0.15) is 5.82 Å². The molecule has 1 amide bonds. The number of amides is 1. The molecule has 0 unspecified atom stereocenters. The summed E-state index contributed by atoms with van der Waals surface area (Å²) in [6.07, 6.45) is 0. The zero-order chi connectivity index (χ0) is 20.5. The third kappa shape index (κ3) is 3.93. The highest BCUT2D eigenvalue weighted by atomic mass is 35.5. The standard InChI is InChI=1S/C22H20ClN5O/c1-14-11-16(3)27(25-14)19-9-7-17(8-10-19)22(29)24-21-12-15(2)26-28(21)20-6-4-5-18(23)13-20/h4-13H,1-3H3,(H,24,29). The van der Waals surface area contributed by atoms with Crippen LogP contribution in [-0.4, -0.2) is 25.5 Å². The van der Waals surface area contributed by atoms with Gasteiger partial charge in [0.15, 0.2) is 0 Å². The molecule has 7 heteroatoms. The minimum atomic E-state index is -0.215. The van der Waals surface area contributed by atoms with Gasteiger partial charge in [0.2, 0.25) is 0 Å². The van der Waals surface area contributed by atoms with E-state index in [0.29, 0.717) is 16.4 Å². The first-order valence-electron chi connectivity index (χ1n) is 9.18. The van der Waals surface area contributed by atoms with Crippen molar-refractivity contribution in [3.63, 3.8) is 0 Å². The molecule has 2 heterocycles. The van der Waals surface area contributed by atoms with Crippen molar-refractivity contribution in [3.05, 3.63) is 88.3 Å². The van der Waals surface area contributed by atoms with E-state index in [1.807, 2.05) is 61.9 Å². The lowest BCUT2D eigenvalue weighted by molar-refractivity contribution is 0.102. The molecule has 0 bridgehead atoms. The van der Waals surface area contributed by atoms with E-state index >= 15 is 0 Å². The number of carbonyl (C=O) groups excluding carboxylic acids is 1. The van der Waals surface area contributed by atoms with Crippen LogP contribution in [0.5, 0.6) is 0 Å². The number of halogens is 1. The summed E-state index contributed by atoms with van der Waals surface area (Å²) >= 11 is 6.10. The van der Waals surface area contributed by atoms with E-state index in [4.69, 9.17) is 11.6 Å². The molecule has 2 aromatic carbocycles. The second kappa shape index (κ2) is 7.56. The molecule has 0 aliphatic rings. The maximum Gasteiger partial charge on any atom is 0.256 e. The van der Waals surface area contributed by atoms with E-state index in [0.717, 1.165) is 28.5 Å². The minimum Gasteiger partial charge on any atom is -0.306 e. The Hall–Kier alpha value is -3.38. The normalized spacial score (nSPS) is 10.9. The van der Waals surface area contributed by atoms with Crippen LogP contribution in [0.2, 0.25) is 5.02 Å². The fourth-order valence-electron chi connectivity index (χ4n) is 3.23. The highest BCUT2D eigenvalue weighted by Crippen LogP contribution is 2.21.